The summed E-state index contributed by atoms with van der Waals surface area (Å²) in [6.07, 6.45) is 15.6. The van der Waals surface area contributed by atoms with Gasteiger partial charge in [-0.15, -0.1) is 0 Å². The van der Waals surface area contributed by atoms with Crippen LogP contribution in [-0.4, -0.2) is 0 Å². The topological polar surface area (TPSA) is 0 Å². The Bertz CT molecular complexity index is 161. The highest BCUT2D eigenvalue weighted by Crippen LogP contribution is 2.31. The van der Waals surface area contributed by atoms with Crippen molar-refractivity contribution in [2.75, 3.05) is 0 Å². The molecule has 0 aliphatic heterocycles. The molecule has 0 N–H and O–H groups in total. The zero-order valence-electron chi connectivity index (χ0n) is 8.02. The molecule has 0 aromatic rings. The van der Waals surface area contributed by atoms with Crippen LogP contribution in [0.1, 0.15) is 57.8 Å². The van der Waals surface area contributed by atoms with Crippen molar-refractivity contribution in [3.63, 3.8) is 0 Å². The molecule has 0 unspecified atom stereocenters. The normalized spacial score (nSPS) is 24.8. The van der Waals surface area contributed by atoms with Gasteiger partial charge in [0.2, 0.25) is 0 Å². The van der Waals surface area contributed by atoms with Crippen LogP contribution in [0.4, 0.5) is 0 Å². The molecule has 0 heterocycles. The molecule has 0 radical (unpaired) electrons. The number of hydrogen-bond donors (Lipinski definition) is 0. The van der Waals surface area contributed by atoms with Gasteiger partial charge in [-0.3, -0.25) is 0 Å². The fourth-order valence-corrected chi connectivity index (χ4v) is 2.65. The number of allylic oxidation sites excluding steroid dienone is 2. The Morgan fingerprint density at radius 2 is 2.00 bits per heavy atom. The van der Waals surface area contributed by atoms with Crippen molar-refractivity contribution in [3.8, 4) is 0 Å². The first-order valence-electron chi connectivity index (χ1n) is 5.63. The van der Waals surface area contributed by atoms with E-state index < -0.39 is 0 Å². The third-order valence-corrected chi connectivity index (χ3v) is 3.48. The van der Waals surface area contributed by atoms with E-state index in [2.05, 4.69) is 6.08 Å². The van der Waals surface area contributed by atoms with Gasteiger partial charge in [-0.25, -0.2) is 0 Å². The average molecular weight is 164 g/mol. The van der Waals surface area contributed by atoms with Crippen LogP contribution < -0.4 is 0 Å². The maximum Gasteiger partial charge on any atom is -0.0317 e. The van der Waals surface area contributed by atoms with Gasteiger partial charge in [0.05, 0.1) is 0 Å². The summed E-state index contributed by atoms with van der Waals surface area (Å²) in [7, 11) is 0. The lowest BCUT2D eigenvalue weighted by Crippen LogP contribution is -1.93. The van der Waals surface area contributed by atoms with Crippen LogP contribution in [0.5, 0.6) is 0 Å². The van der Waals surface area contributed by atoms with E-state index in [1.165, 1.54) is 57.8 Å². The summed E-state index contributed by atoms with van der Waals surface area (Å²) < 4.78 is 0. The predicted octanol–water partition coefficient (Wildman–Crippen LogP) is 4.07. The van der Waals surface area contributed by atoms with Crippen LogP contribution in [0.3, 0.4) is 0 Å². The van der Waals surface area contributed by atoms with Crippen LogP contribution in [0.15, 0.2) is 11.6 Å². The molecule has 0 aromatic heterocycles. The Kier molecular flexibility index (Phi) is 2.86. The molecule has 1 saturated carbocycles. The summed E-state index contributed by atoms with van der Waals surface area (Å²) in [4.78, 5) is 0. The second-order valence-electron chi connectivity index (χ2n) is 4.44. The highest BCUT2D eigenvalue weighted by Gasteiger charge is 2.15. The third-order valence-electron chi connectivity index (χ3n) is 3.48. The van der Waals surface area contributed by atoms with E-state index in [-0.39, 0.29) is 0 Å². The Labute approximate surface area is 76.1 Å². The lowest BCUT2D eigenvalue weighted by atomic mass is 9.98. The molecule has 2 rings (SSSR count). The van der Waals surface area contributed by atoms with Crippen molar-refractivity contribution in [2.24, 2.45) is 5.92 Å². The Hall–Kier alpha value is -0.260. The van der Waals surface area contributed by atoms with Crippen LogP contribution in [0.25, 0.3) is 0 Å². The van der Waals surface area contributed by atoms with E-state index in [1.54, 1.807) is 5.57 Å². The molecule has 2 aliphatic rings. The first-order chi connectivity index (χ1) is 5.95. The molecule has 1 fully saturated rings. The van der Waals surface area contributed by atoms with Crippen LogP contribution in [0.2, 0.25) is 0 Å². The molecule has 0 saturated heterocycles. The van der Waals surface area contributed by atoms with Gasteiger partial charge in [0.1, 0.15) is 0 Å². The number of rotatable bonds is 3. The zero-order valence-corrected chi connectivity index (χ0v) is 8.02. The van der Waals surface area contributed by atoms with Gasteiger partial charge in [-0.05, 0) is 38.0 Å². The number of hydrogen-bond acceptors (Lipinski definition) is 0. The van der Waals surface area contributed by atoms with Crippen molar-refractivity contribution in [1.82, 2.24) is 0 Å². The molecule has 12 heavy (non-hydrogen) atoms. The standard InChI is InChI=1S/C12H20/c1-2-6-11(5-1)9-10-12-7-3-4-8-12/h5,12H,1-4,6-10H2. The van der Waals surface area contributed by atoms with E-state index in [4.69, 9.17) is 0 Å². The summed E-state index contributed by atoms with van der Waals surface area (Å²) in [6.45, 7) is 0. The van der Waals surface area contributed by atoms with Gasteiger partial charge < -0.3 is 0 Å². The van der Waals surface area contributed by atoms with Crippen molar-refractivity contribution >= 4 is 0 Å². The zero-order chi connectivity index (χ0) is 8.23. The molecular formula is C12H20. The van der Waals surface area contributed by atoms with Crippen LogP contribution in [-0.2, 0) is 0 Å². The lowest BCUT2D eigenvalue weighted by molar-refractivity contribution is 0.500. The third kappa shape index (κ3) is 2.12. The molecular weight excluding hydrogens is 144 g/mol. The van der Waals surface area contributed by atoms with Crippen molar-refractivity contribution in [1.29, 1.82) is 0 Å². The van der Waals surface area contributed by atoms with Gasteiger partial charge in [-0.1, -0.05) is 37.3 Å². The molecule has 0 bridgehead atoms. The predicted molar refractivity (Wildman–Crippen MR) is 53.1 cm³/mol. The summed E-state index contributed by atoms with van der Waals surface area (Å²) in [5, 5.41) is 0. The van der Waals surface area contributed by atoms with Crippen molar-refractivity contribution < 1.29 is 0 Å². The molecule has 0 nitrogen and oxygen atoms in total. The van der Waals surface area contributed by atoms with E-state index in [0.717, 1.165) is 5.92 Å². The summed E-state index contributed by atoms with van der Waals surface area (Å²) in [5.41, 5.74) is 1.77. The Balaban J connectivity index is 1.67. The second-order valence-corrected chi connectivity index (χ2v) is 4.44. The fraction of sp³-hybridized carbons (Fsp3) is 0.833. The minimum atomic E-state index is 1.09. The largest absolute Gasteiger partial charge is 0.0853 e. The van der Waals surface area contributed by atoms with Gasteiger partial charge in [0.25, 0.3) is 0 Å². The van der Waals surface area contributed by atoms with Gasteiger partial charge in [-0.2, -0.15) is 0 Å². The maximum absolute atomic E-state index is 2.48. The monoisotopic (exact) mass is 164 g/mol. The maximum atomic E-state index is 2.48. The van der Waals surface area contributed by atoms with Gasteiger partial charge in [0.15, 0.2) is 0 Å². The quantitative estimate of drug-likeness (QED) is 0.552. The molecule has 0 atom stereocenters. The molecule has 0 spiro atoms. The molecule has 2 aliphatic carbocycles. The average Bonchev–Trinajstić information content (AvgIpc) is 2.74. The SMILES string of the molecule is C1=C(CCC2CCCC2)CCC1. The van der Waals surface area contributed by atoms with E-state index in [1.807, 2.05) is 0 Å². The lowest BCUT2D eigenvalue weighted by Gasteiger charge is -2.08. The Morgan fingerprint density at radius 3 is 2.67 bits per heavy atom. The summed E-state index contributed by atoms with van der Waals surface area (Å²) in [5.74, 6) is 1.09. The first kappa shape index (κ1) is 8.34. The molecule has 0 heteroatoms. The first-order valence-corrected chi connectivity index (χ1v) is 5.63. The smallest absolute Gasteiger partial charge is 0.0317 e. The summed E-state index contributed by atoms with van der Waals surface area (Å²) >= 11 is 0. The highest BCUT2D eigenvalue weighted by atomic mass is 14.2. The molecule has 0 aromatic carbocycles. The van der Waals surface area contributed by atoms with Gasteiger partial charge in [0, 0.05) is 0 Å². The van der Waals surface area contributed by atoms with Crippen molar-refractivity contribution in [3.05, 3.63) is 11.6 Å². The fourth-order valence-electron chi connectivity index (χ4n) is 2.65. The highest BCUT2D eigenvalue weighted by molar-refractivity contribution is 5.07. The molecule has 68 valence electrons. The van der Waals surface area contributed by atoms with E-state index in [0.29, 0.717) is 0 Å². The minimum Gasteiger partial charge on any atom is -0.0853 e. The van der Waals surface area contributed by atoms with Gasteiger partial charge >= 0.3 is 0 Å². The minimum absolute atomic E-state index is 1.09. The van der Waals surface area contributed by atoms with Crippen LogP contribution in [0, 0.1) is 5.92 Å². The summed E-state index contributed by atoms with van der Waals surface area (Å²) in [6, 6.07) is 0. The van der Waals surface area contributed by atoms with Crippen molar-refractivity contribution in [2.45, 2.75) is 57.8 Å². The van der Waals surface area contributed by atoms with E-state index >= 15 is 0 Å². The Morgan fingerprint density at radius 1 is 1.17 bits per heavy atom. The second kappa shape index (κ2) is 4.11. The van der Waals surface area contributed by atoms with Crippen LogP contribution >= 0.6 is 0 Å². The van der Waals surface area contributed by atoms with E-state index in [9.17, 15) is 0 Å². The molecule has 0 amide bonds.